The fraction of sp³-hybridized carbons (Fsp3) is 0.667. The zero-order valence-electron chi connectivity index (χ0n) is 8.15. The molecule has 2 N–H and O–H groups in total. The van der Waals surface area contributed by atoms with Gasteiger partial charge in [0.25, 0.3) is 0 Å². The van der Waals surface area contributed by atoms with Crippen molar-refractivity contribution in [2.24, 2.45) is 0 Å². The second-order valence-electron chi connectivity index (χ2n) is 3.11. The van der Waals surface area contributed by atoms with Gasteiger partial charge in [0.2, 0.25) is 5.69 Å². The third-order valence-corrected chi connectivity index (χ3v) is 5.61. The van der Waals surface area contributed by atoms with Gasteiger partial charge in [-0.1, -0.05) is 25.2 Å². The van der Waals surface area contributed by atoms with E-state index in [0.29, 0.717) is 0 Å². The lowest BCUT2D eigenvalue weighted by Crippen LogP contribution is -2.12. The molecule has 0 saturated heterocycles. The maximum atomic E-state index is 11.4. The SMILES string of the molecule is CC(C)c1nn(CSP(O)(O)=S)c(=O)s1. The number of hydrogen-bond acceptors (Lipinski definition) is 5. The molecule has 0 aromatic carbocycles. The van der Waals surface area contributed by atoms with Crippen LogP contribution >= 0.6 is 28.4 Å². The summed E-state index contributed by atoms with van der Waals surface area (Å²) in [5.41, 5.74) is -3.31. The van der Waals surface area contributed by atoms with Gasteiger partial charge in [-0.2, -0.15) is 5.10 Å². The Morgan fingerprint density at radius 3 is 2.67 bits per heavy atom. The molecule has 0 amide bonds. The summed E-state index contributed by atoms with van der Waals surface area (Å²) in [5, 5.41) is 4.80. The molecule has 1 aromatic heterocycles. The maximum absolute atomic E-state index is 11.4. The number of aromatic nitrogens is 2. The topological polar surface area (TPSA) is 75.3 Å². The van der Waals surface area contributed by atoms with Gasteiger partial charge in [0.15, 0.2) is 0 Å². The van der Waals surface area contributed by atoms with E-state index in [0.717, 1.165) is 27.7 Å². The minimum Gasteiger partial charge on any atom is -0.338 e. The normalized spacial score (nSPS) is 12.3. The van der Waals surface area contributed by atoms with E-state index in [1.807, 2.05) is 13.8 Å². The standard InChI is InChI=1S/C6H11N2O3PS3/c1-4(2)5-7-8(6(9)15-5)3-14-12(10,11)13/h4H,3H2,1-2H3,(H2,10,11,13). The minimum atomic E-state index is -3.31. The predicted molar refractivity (Wildman–Crippen MR) is 66.8 cm³/mol. The fourth-order valence-corrected chi connectivity index (χ4v) is 3.25. The van der Waals surface area contributed by atoms with Crippen LogP contribution in [0, 0.1) is 0 Å². The van der Waals surface area contributed by atoms with Crippen LogP contribution in [0.5, 0.6) is 0 Å². The highest BCUT2D eigenvalue weighted by Gasteiger charge is 2.13. The fourth-order valence-electron chi connectivity index (χ4n) is 0.767. The van der Waals surface area contributed by atoms with Gasteiger partial charge in [0.1, 0.15) is 10.9 Å². The molecule has 9 heteroatoms. The zero-order valence-corrected chi connectivity index (χ0v) is 11.5. The molecule has 0 aliphatic rings. The Kier molecular flexibility index (Phi) is 4.51. The molecule has 15 heavy (non-hydrogen) atoms. The first-order valence-electron chi connectivity index (χ1n) is 4.07. The van der Waals surface area contributed by atoms with Gasteiger partial charge < -0.3 is 9.79 Å². The quantitative estimate of drug-likeness (QED) is 0.813. The minimum absolute atomic E-state index is 0.0896. The van der Waals surface area contributed by atoms with Crippen molar-refractivity contribution in [1.82, 2.24) is 9.78 Å². The summed E-state index contributed by atoms with van der Waals surface area (Å²) in [5.74, 6) is 0.284. The second-order valence-corrected chi connectivity index (χ2v) is 10.1. The van der Waals surface area contributed by atoms with Crippen LogP contribution in [0.4, 0.5) is 0 Å². The highest BCUT2D eigenvalue weighted by atomic mass is 32.9. The summed E-state index contributed by atoms with van der Waals surface area (Å²) in [6, 6.07) is 0. The molecule has 0 aliphatic carbocycles. The van der Waals surface area contributed by atoms with Gasteiger partial charge in [-0.3, -0.25) is 4.79 Å². The van der Waals surface area contributed by atoms with Crippen molar-refractivity contribution in [2.45, 2.75) is 25.6 Å². The molecule has 1 aromatic rings. The third-order valence-electron chi connectivity index (χ3n) is 1.46. The first kappa shape index (κ1) is 13.3. The summed E-state index contributed by atoms with van der Waals surface area (Å²) in [7, 11) is 0. The number of nitrogens with zero attached hydrogens (tertiary/aromatic N) is 2. The average molecular weight is 286 g/mol. The lowest BCUT2D eigenvalue weighted by Gasteiger charge is -2.05. The smallest absolute Gasteiger partial charge is 0.325 e. The molecule has 0 atom stereocenters. The molecule has 0 unspecified atom stereocenters. The number of hydrogen-bond donors (Lipinski definition) is 2. The van der Waals surface area contributed by atoms with E-state index >= 15 is 0 Å². The van der Waals surface area contributed by atoms with E-state index in [4.69, 9.17) is 9.79 Å². The van der Waals surface area contributed by atoms with Crippen molar-refractivity contribution in [3.63, 3.8) is 0 Å². The van der Waals surface area contributed by atoms with Gasteiger partial charge in [-0.15, -0.1) is 0 Å². The van der Waals surface area contributed by atoms with Crippen LogP contribution in [0.15, 0.2) is 4.79 Å². The van der Waals surface area contributed by atoms with Crippen molar-refractivity contribution >= 4 is 40.2 Å². The Morgan fingerprint density at radius 1 is 1.67 bits per heavy atom. The van der Waals surface area contributed by atoms with Gasteiger partial charge in [-0.25, -0.2) is 4.68 Å². The van der Waals surface area contributed by atoms with Gasteiger partial charge in [0.05, 0.1) is 0 Å². The molecule has 0 radical (unpaired) electrons. The Labute approximate surface area is 100 Å². The molecule has 0 spiro atoms. The zero-order chi connectivity index (χ0) is 11.6. The lowest BCUT2D eigenvalue weighted by atomic mass is 10.2. The highest BCUT2D eigenvalue weighted by molar-refractivity contribution is 8.66. The summed E-state index contributed by atoms with van der Waals surface area (Å²) in [6.45, 7) is 3.89. The molecule has 0 saturated carbocycles. The lowest BCUT2D eigenvalue weighted by molar-refractivity contribution is 0.501. The van der Waals surface area contributed by atoms with Crippen LogP contribution in [0.1, 0.15) is 24.8 Å². The van der Waals surface area contributed by atoms with Crippen molar-refractivity contribution in [3.05, 3.63) is 14.7 Å². The van der Waals surface area contributed by atoms with Crippen molar-refractivity contribution in [1.29, 1.82) is 0 Å². The molecular weight excluding hydrogens is 275 g/mol. The van der Waals surface area contributed by atoms with E-state index < -0.39 is 5.69 Å². The molecular formula is C6H11N2O3PS3. The Morgan fingerprint density at radius 2 is 2.27 bits per heavy atom. The molecule has 0 fully saturated rings. The van der Waals surface area contributed by atoms with Crippen molar-refractivity contribution in [3.8, 4) is 0 Å². The maximum Gasteiger partial charge on any atom is 0.325 e. The molecule has 5 nitrogen and oxygen atoms in total. The highest BCUT2D eigenvalue weighted by Crippen LogP contribution is 2.51. The van der Waals surface area contributed by atoms with Crippen LogP contribution < -0.4 is 4.87 Å². The van der Waals surface area contributed by atoms with Crippen LogP contribution in [0.3, 0.4) is 0 Å². The summed E-state index contributed by atoms with van der Waals surface area (Å²) >= 11 is 6.27. The largest absolute Gasteiger partial charge is 0.338 e. The predicted octanol–water partition coefficient (Wildman–Crippen LogP) is 1.33. The van der Waals surface area contributed by atoms with Gasteiger partial charge >= 0.3 is 4.87 Å². The summed E-state index contributed by atoms with van der Waals surface area (Å²) in [4.78, 5) is 29.2. The summed E-state index contributed by atoms with van der Waals surface area (Å²) in [6.07, 6.45) is 0. The molecule has 1 heterocycles. The molecule has 0 aliphatic heterocycles. The molecule has 1 rings (SSSR count). The molecule has 86 valence electrons. The first-order valence-corrected chi connectivity index (χ1v) is 9.19. The van der Waals surface area contributed by atoms with Crippen LogP contribution in [0.25, 0.3) is 0 Å². The summed E-state index contributed by atoms with van der Waals surface area (Å²) < 4.78 is 1.21. The van der Waals surface area contributed by atoms with Crippen LogP contribution in [-0.4, -0.2) is 19.6 Å². The van der Waals surface area contributed by atoms with E-state index in [2.05, 4.69) is 16.9 Å². The van der Waals surface area contributed by atoms with Crippen LogP contribution in [-0.2, 0) is 17.7 Å². The van der Waals surface area contributed by atoms with Crippen molar-refractivity contribution < 1.29 is 9.79 Å². The van der Waals surface area contributed by atoms with Gasteiger partial charge in [-0.05, 0) is 23.2 Å². The average Bonchev–Trinajstić information content (AvgIpc) is 2.42. The van der Waals surface area contributed by atoms with E-state index in [-0.39, 0.29) is 16.7 Å². The van der Waals surface area contributed by atoms with Crippen LogP contribution in [0.2, 0.25) is 0 Å². The van der Waals surface area contributed by atoms with E-state index in [1.165, 1.54) is 4.68 Å². The molecule has 0 bridgehead atoms. The van der Waals surface area contributed by atoms with E-state index in [9.17, 15) is 4.79 Å². The van der Waals surface area contributed by atoms with E-state index in [1.54, 1.807) is 0 Å². The first-order chi connectivity index (χ1) is 6.79. The Bertz CT molecular complexity index is 435. The number of rotatable bonds is 4. The Hall–Kier alpha value is 0.280. The second kappa shape index (κ2) is 5.07. The van der Waals surface area contributed by atoms with Gasteiger partial charge in [0, 0.05) is 5.92 Å². The Balaban J connectivity index is 2.79. The monoisotopic (exact) mass is 286 g/mol. The van der Waals surface area contributed by atoms with Crippen molar-refractivity contribution in [2.75, 3.05) is 0 Å². The third kappa shape index (κ3) is 4.34.